The maximum Gasteiger partial charge on any atom is 0.313 e. The highest BCUT2D eigenvalue weighted by molar-refractivity contribution is 7.99. The minimum atomic E-state index is -0.972. The summed E-state index contributed by atoms with van der Waals surface area (Å²) in [6.07, 6.45) is 0. The Morgan fingerprint density at radius 3 is 2.95 bits per heavy atom. The fourth-order valence-electron chi connectivity index (χ4n) is 1.66. The number of nitrogens with zero attached hydrogens (tertiary/aromatic N) is 4. The van der Waals surface area contributed by atoms with E-state index >= 15 is 0 Å². The quantitative estimate of drug-likeness (QED) is 0.780. The molecule has 0 spiro atoms. The van der Waals surface area contributed by atoms with Crippen molar-refractivity contribution in [1.29, 1.82) is 5.26 Å². The second-order valence-electron chi connectivity index (χ2n) is 3.86. The second kappa shape index (κ2) is 6.15. The molecule has 0 aliphatic rings. The van der Waals surface area contributed by atoms with E-state index in [1.807, 2.05) is 6.07 Å². The zero-order valence-corrected chi connectivity index (χ0v) is 11.8. The number of thioether (sulfide) groups is 1. The van der Waals surface area contributed by atoms with Crippen LogP contribution in [0, 0.1) is 11.3 Å². The van der Waals surface area contributed by atoms with Gasteiger partial charge in [0.25, 0.3) is 0 Å². The van der Waals surface area contributed by atoms with Gasteiger partial charge >= 0.3 is 5.97 Å². The summed E-state index contributed by atoms with van der Waals surface area (Å²) in [6, 6.07) is 6.81. The molecule has 0 saturated carbocycles. The summed E-state index contributed by atoms with van der Waals surface area (Å²) < 4.78 is 6.72. The number of carboxylic acid groups (broad SMARTS) is 1. The molecule has 0 radical (unpaired) electrons. The molecule has 8 nitrogen and oxygen atoms in total. The Bertz CT molecular complexity index is 722. The van der Waals surface area contributed by atoms with Crippen molar-refractivity contribution in [3.8, 4) is 17.5 Å². The summed E-state index contributed by atoms with van der Waals surface area (Å²) in [5.74, 6) is -0.625. The third-order valence-electron chi connectivity index (χ3n) is 2.53. The highest BCUT2D eigenvalue weighted by Gasteiger charge is 2.17. The van der Waals surface area contributed by atoms with Crippen molar-refractivity contribution in [1.82, 2.24) is 14.8 Å². The number of hydrogen-bond acceptors (Lipinski definition) is 7. The molecule has 0 aliphatic carbocycles. The summed E-state index contributed by atoms with van der Waals surface area (Å²) >= 11 is 0.989. The van der Waals surface area contributed by atoms with Gasteiger partial charge in [-0.25, -0.2) is 0 Å². The Kier molecular flexibility index (Phi) is 4.30. The normalized spacial score (nSPS) is 10.1. The molecule has 3 N–H and O–H groups in total. The summed E-state index contributed by atoms with van der Waals surface area (Å²) in [6.45, 7) is 0. The largest absolute Gasteiger partial charge is 0.495 e. The standard InChI is InChI=1S/C12H11N5O3S/c1-20-9-4-7(5-13)2-3-8(9)17-11(14)15-16-12(17)21-6-10(18)19/h2-4H,6H2,1H3,(H2,14,15)(H,18,19). The van der Waals surface area contributed by atoms with Crippen LogP contribution < -0.4 is 10.5 Å². The van der Waals surface area contributed by atoms with E-state index < -0.39 is 5.97 Å². The van der Waals surface area contributed by atoms with Crippen LogP contribution >= 0.6 is 11.8 Å². The third-order valence-corrected chi connectivity index (χ3v) is 3.45. The van der Waals surface area contributed by atoms with Crippen LogP contribution in [0.2, 0.25) is 0 Å². The number of anilines is 1. The van der Waals surface area contributed by atoms with E-state index in [9.17, 15) is 4.79 Å². The molecule has 21 heavy (non-hydrogen) atoms. The fourth-order valence-corrected chi connectivity index (χ4v) is 2.33. The minimum Gasteiger partial charge on any atom is -0.495 e. The van der Waals surface area contributed by atoms with Crippen LogP contribution in [0.5, 0.6) is 5.75 Å². The molecule has 0 amide bonds. The number of carbonyl (C=O) groups is 1. The Morgan fingerprint density at radius 1 is 1.57 bits per heavy atom. The zero-order valence-electron chi connectivity index (χ0n) is 11.0. The molecule has 2 rings (SSSR count). The molecule has 108 valence electrons. The molecule has 1 aromatic heterocycles. The number of benzene rings is 1. The molecule has 0 saturated heterocycles. The molecular weight excluding hydrogens is 294 g/mol. The number of aliphatic carboxylic acids is 1. The zero-order chi connectivity index (χ0) is 15.4. The number of nitrogens with two attached hydrogens (primary N) is 1. The van der Waals surface area contributed by atoms with Gasteiger partial charge in [-0.3, -0.25) is 9.36 Å². The third kappa shape index (κ3) is 3.06. The van der Waals surface area contributed by atoms with E-state index in [0.29, 0.717) is 22.2 Å². The van der Waals surface area contributed by atoms with E-state index in [4.69, 9.17) is 20.8 Å². The lowest BCUT2D eigenvalue weighted by atomic mass is 10.2. The maximum absolute atomic E-state index is 10.7. The van der Waals surface area contributed by atoms with Crippen molar-refractivity contribution in [2.75, 3.05) is 18.6 Å². The molecule has 1 aromatic carbocycles. The summed E-state index contributed by atoms with van der Waals surface area (Å²) in [7, 11) is 1.46. The molecule has 0 atom stereocenters. The van der Waals surface area contributed by atoms with E-state index in [-0.39, 0.29) is 11.7 Å². The van der Waals surface area contributed by atoms with Gasteiger partial charge in [0.05, 0.1) is 30.2 Å². The van der Waals surface area contributed by atoms with E-state index in [2.05, 4.69) is 10.2 Å². The van der Waals surface area contributed by atoms with E-state index in [1.165, 1.54) is 11.7 Å². The van der Waals surface area contributed by atoms with Gasteiger partial charge in [-0.15, -0.1) is 10.2 Å². The minimum absolute atomic E-state index is 0.103. The van der Waals surface area contributed by atoms with Gasteiger partial charge in [0, 0.05) is 6.07 Å². The summed E-state index contributed by atoms with van der Waals surface area (Å²) in [5.41, 5.74) is 6.75. The van der Waals surface area contributed by atoms with Crippen molar-refractivity contribution in [2.24, 2.45) is 0 Å². The highest BCUT2D eigenvalue weighted by Crippen LogP contribution is 2.30. The Hall–Kier alpha value is -2.73. The Morgan fingerprint density at radius 2 is 2.33 bits per heavy atom. The first kappa shape index (κ1) is 14.7. The van der Waals surface area contributed by atoms with Crippen LogP contribution in [0.15, 0.2) is 23.4 Å². The predicted octanol–water partition coefficient (Wildman–Crippen LogP) is 0.906. The van der Waals surface area contributed by atoms with Gasteiger partial charge < -0.3 is 15.6 Å². The highest BCUT2D eigenvalue weighted by atomic mass is 32.2. The number of aromatic nitrogens is 3. The number of carboxylic acids is 1. The van der Waals surface area contributed by atoms with E-state index in [0.717, 1.165) is 11.8 Å². The first-order valence-corrected chi connectivity index (χ1v) is 6.69. The lowest BCUT2D eigenvalue weighted by Crippen LogP contribution is -2.06. The molecular formula is C12H11N5O3S. The Balaban J connectivity index is 2.49. The number of hydrogen-bond donors (Lipinski definition) is 2. The van der Waals surface area contributed by atoms with Crippen molar-refractivity contribution in [2.45, 2.75) is 5.16 Å². The van der Waals surface area contributed by atoms with Gasteiger partial charge in [-0.05, 0) is 12.1 Å². The number of nitrogen functional groups attached to an aromatic ring is 1. The number of rotatable bonds is 5. The number of methoxy groups -OCH3 is 1. The number of ether oxygens (including phenoxy) is 1. The molecule has 1 heterocycles. The number of nitriles is 1. The lowest BCUT2D eigenvalue weighted by molar-refractivity contribution is -0.133. The monoisotopic (exact) mass is 305 g/mol. The van der Waals surface area contributed by atoms with Gasteiger partial charge in [0.2, 0.25) is 5.95 Å². The molecule has 9 heteroatoms. The molecule has 0 aliphatic heterocycles. The van der Waals surface area contributed by atoms with Crippen molar-refractivity contribution >= 4 is 23.7 Å². The first-order chi connectivity index (χ1) is 10.1. The predicted molar refractivity (Wildman–Crippen MR) is 75.4 cm³/mol. The van der Waals surface area contributed by atoms with Crippen LogP contribution in [-0.2, 0) is 4.79 Å². The molecule has 0 unspecified atom stereocenters. The SMILES string of the molecule is COc1cc(C#N)ccc1-n1c(N)nnc1SCC(=O)O. The maximum atomic E-state index is 10.7. The second-order valence-corrected chi connectivity index (χ2v) is 4.80. The van der Waals surface area contributed by atoms with Crippen molar-refractivity contribution < 1.29 is 14.6 Å². The Labute approximate surface area is 124 Å². The van der Waals surface area contributed by atoms with Crippen LogP contribution in [0.25, 0.3) is 5.69 Å². The van der Waals surface area contributed by atoms with Crippen LogP contribution in [-0.4, -0.2) is 38.7 Å². The molecule has 2 aromatic rings. The van der Waals surface area contributed by atoms with Gasteiger partial charge in [0.15, 0.2) is 5.16 Å². The molecule has 0 fully saturated rings. The first-order valence-electron chi connectivity index (χ1n) is 5.70. The average Bonchev–Trinajstić information content (AvgIpc) is 2.85. The summed E-state index contributed by atoms with van der Waals surface area (Å²) in [5, 5.41) is 25.6. The average molecular weight is 305 g/mol. The van der Waals surface area contributed by atoms with Crippen LogP contribution in [0.1, 0.15) is 5.56 Å². The van der Waals surface area contributed by atoms with Gasteiger partial charge in [-0.1, -0.05) is 11.8 Å². The van der Waals surface area contributed by atoms with Crippen molar-refractivity contribution in [3.05, 3.63) is 23.8 Å². The van der Waals surface area contributed by atoms with Crippen LogP contribution in [0.3, 0.4) is 0 Å². The van der Waals surface area contributed by atoms with Gasteiger partial charge in [-0.2, -0.15) is 5.26 Å². The fraction of sp³-hybridized carbons (Fsp3) is 0.167. The smallest absolute Gasteiger partial charge is 0.313 e. The molecule has 0 bridgehead atoms. The van der Waals surface area contributed by atoms with Crippen LogP contribution in [0.4, 0.5) is 5.95 Å². The van der Waals surface area contributed by atoms with Crippen molar-refractivity contribution in [3.63, 3.8) is 0 Å². The topological polar surface area (TPSA) is 127 Å². The van der Waals surface area contributed by atoms with Gasteiger partial charge in [0.1, 0.15) is 5.75 Å². The lowest BCUT2D eigenvalue weighted by Gasteiger charge is -2.12. The summed E-state index contributed by atoms with van der Waals surface area (Å²) in [4.78, 5) is 10.7. The van der Waals surface area contributed by atoms with E-state index in [1.54, 1.807) is 18.2 Å².